The third kappa shape index (κ3) is 2.32. The van der Waals surface area contributed by atoms with Crippen molar-refractivity contribution in [1.29, 1.82) is 0 Å². The van der Waals surface area contributed by atoms with E-state index in [0.717, 1.165) is 28.3 Å². The molecule has 0 amide bonds. The van der Waals surface area contributed by atoms with E-state index in [0.29, 0.717) is 5.82 Å². The molecule has 0 aliphatic rings. The third-order valence-corrected chi connectivity index (χ3v) is 2.90. The molecule has 0 spiro atoms. The van der Waals surface area contributed by atoms with E-state index >= 15 is 0 Å². The summed E-state index contributed by atoms with van der Waals surface area (Å²) in [6, 6.07) is 3.99. The molecule has 0 aliphatic carbocycles. The molecule has 0 radical (unpaired) electrons. The molecule has 2 N–H and O–H groups in total. The molecular formula is C14H18N4. The van der Waals surface area contributed by atoms with E-state index in [4.69, 9.17) is 5.73 Å². The zero-order valence-corrected chi connectivity index (χ0v) is 11.2. The number of nitrogens with two attached hydrogens (primary N) is 1. The lowest BCUT2D eigenvalue weighted by Crippen LogP contribution is -2.06. The lowest BCUT2D eigenvalue weighted by Gasteiger charge is -2.11. The minimum atomic E-state index is 0.255. The first-order chi connectivity index (χ1) is 8.49. The number of rotatable bonds is 2. The Morgan fingerprint density at radius 2 is 1.83 bits per heavy atom. The molecular weight excluding hydrogens is 224 g/mol. The maximum atomic E-state index is 5.95. The highest BCUT2D eigenvalue weighted by Gasteiger charge is 2.12. The number of aromatic nitrogens is 3. The fraction of sp³-hybridized carbons (Fsp3) is 0.357. The van der Waals surface area contributed by atoms with Crippen molar-refractivity contribution >= 4 is 5.82 Å². The van der Waals surface area contributed by atoms with Crippen LogP contribution in [0.3, 0.4) is 0 Å². The van der Waals surface area contributed by atoms with Gasteiger partial charge in [-0.2, -0.15) is 0 Å². The third-order valence-electron chi connectivity index (χ3n) is 2.90. The Labute approximate surface area is 107 Å². The molecule has 2 heterocycles. The molecule has 0 atom stereocenters. The first-order valence-electron chi connectivity index (χ1n) is 6.06. The van der Waals surface area contributed by atoms with Crippen LogP contribution >= 0.6 is 0 Å². The first-order valence-corrected chi connectivity index (χ1v) is 6.06. The van der Waals surface area contributed by atoms with Gasteiger partial charge in [0.1, 0.15) is 11.6 Å². The molecule has 18 heavy (non-hydrogen) atoms. The molecule has 4 heteroatoms. The molecule has 0 saturated heterocycles. The van der Waals surface area contributed by atoms with Gasteiger partial charge in [-0.3, -0.25) is 4.98 Å². The summed E-state index contributed by atoms with van der Waals surface area (Å²) in [7, 11) is 0. The van der Waals surface area contributed by atoms with Crippen LogP contribution in [0.4, 0.5) is 5.82 Å². The smallest absolute Gasteiger partial charge is 0.133 e. The van der Waals surface area contributed by atoms with E-state index in [9.17, 15) is 0 Å². The summed E-state index contributed by atoms with van der Waals surface area (Å²) in [4.78, 5) is 13.2. The maximum absolute atomic E-state index is 5.95. The Kier molecular flexibility index (Phi) is 3.28. The van der Waals surface area contributed by atoms with Crippen LogP contribution in [0, 0.1) is 13.8 Å². The lowest BCUT2D eigenvalue weighted by molar-refractivity contribution is 0.776. The average Bonchev–Trinajstić information content (AvgIpc) is 2.33. The van der Waals surface area contributed by atoms with E-state index in [1.54, 1.807) is 0 Å². The molecule has 4 nitrogen and oxygen atoms in total. The van der Waals surface area contributed by atoms with Gasteiger partial charge in [0, 0.05) is 28.9 Å². The minimum absolute atomic E-state index is 0.255. The Morgan fingerprint density at radius 1 is 1.11 bits per heavy atom. The number of nitrogen functional groups attached to an aromatic ring is 1. The molecule has 0 aromatic carbocycles. The van der Waals surface area contributed by atoms with Crippen molar-refractivity contribution in [1.82, 2.24) is 15.0 Å². The summed E-state index contributed by atoms with van der Waals surface area (Å²) in [5, 5.41) is 0. The van der Waals surface area contributed by atoms with Gasteiger partial charge in [-0.25, -0.2) is 9.97 Å². The topological polar surface area (TPSA) is 64.7 Å². The summed E-state index contributed by atoms with van der Waals surface area (Å²) >= 11 is 0. The highest BCUT2D eigenvalue weighted by molar-refractivity contribution is 5.66. The molecule has 0 saturated carbocycles. The van der Waals surface area contributed by atoms with Crippen molar-refractivity contribution in [3.05, 3.63) is 35.4 Å². The van der Waals surface area contributed by atoms with E-state index in [1.807, 2.05) is 32.2 Å². The van der Waals surface area contributed by atoms with Crippen LogP contribution < -0.4 is 5.73 Å². The number of hydrogen-bond donors (Lipinski definition) is 1. The van der Waals surface area contributed by atoms with Gasteiger partial charge in [-0.1, -0.05) is 13.8 Å². The molecule has 0 aliphatic heterocycles. The average molecular weight is 242 g/mol. The van der Waals surface area contributed by atoms with Crippen molar-refractivity contribution in [2.45, 2.75) is 33.6 Å². The standard InChI is InChI=1S/C14H18N4/c1-8(2)14-17-12(10(4)13(15)18-14)11-6-5-9(3)16-7-11/h5-8H,1-4H3,(H2,15,17,18). The Bertz CT molecular complexity index is 559. The largest absolute Gasteiger partial charge is 0.383 e. The van der Waals surface area contributed by atoms with Crippen LogP contribution in [-0.4, -0.2) is 15.0 Å². The normalized spacial score (nSPS) is 10.9. The quantitative estimate of drug-likeness (QED) is 0.879. The minimum Gasteiger partial charge on any atom is -0.383 e. The number of nitrogens with zero attached hydrogens (tertiary/aromatic N) is 3. The predicted octanol–water partition coefficient (Wildman–Crippen LogP) is 2.86. The summed E-state index contributed by atoms with van der Waals surface area (Å²) in [6.07, 6.45) is 1.83. The highest BCUT2D eigenvalue weighted by atomic mass is 15.0. The van der Waals surface area contributed by atoms with Crippen LogP contribution in [0.1, 0.15) is 36.8 Å². The van der Waals surface area contributed by atoms with E-state index < -0.39 is 0 Å². The van der Waals surface area contributed by atoms with Crippen molar-refractivity contribution in [3.8, 4) is 11.3 Å². The van der Waals surface area contributed by atoms with E-state index in [2.05, 4.69) is 28.8 Å². The second-order valence-electron chi connectivity index (χ2n) is 4.78. The molecule has 2 rings (SSSR count). The fourth-order valence-corrected chi connectivity index (χ4v) is 1.70. The summed E-state index contributed by atoms with van der Waals surface area (Å²) in [6.45, 7) is 8.02. The maximum Gasteiger partial charge on any atom is 0.133 e. The van der Waals surface area contributed by atoms with E-state index in [-0.39, 0.29) is 5.92 Å². The van der Waals surface area contributed by atoms with Crippen molar-refractivity contribution in [2.75, 3.05) is 5.73 Å². The van der Waals surface area contributed by atoms with Crippen LogP contribution in [0.25, 0.3) is 11.3 Å². The SMILES string of the molecule is Cc1ccc(-c2nc(C(C)C)nc(N)c2C)cn1. The zero-order valence-electron chi connectivity index (χ0n) is 11.2. The second kappa shape index (κ2) is 4.72. The van der Waals surface area contributed by atoms with Crippen LogP contribution in [0.5, 0.6) is 0 Å². The Morgan fingerprint density at radius 3 is 2.39 bits per heavy atom. The van der Waals surface area contributed by atoms with Gasteiger partial charge in [0.25, 0.3) is 0 Å². The molecule has 2 aromatic rings. The van der Waals surface area contributed by atoms with Gasteiger partial charge in [-0.05, 0) is 26.0 Å². The molecule has 0 bridgehead atoms. The van der Waals surface area contributed by atoms with Crippen molar-refractivity contribution in [3.63, 3.8) is 0 Å². The number of pyridine rings is 1. The second-order valence-corrected chi connectivity index (χ2v) is 4.78. The van der Waals surface area contributed by atoms with Gasteiger partial charge in [-0.15, -0.1) is 0 Å². The molecule has 94 valence electrons. The van der Waals surface area contributed by atoms with Gasteiger partial charge >= 0.3 is 0 Å². The van der Waals surface area contributed by atoms with Crippen LogP contribution in [-0.2, 0) is 0 Å². The number of aryl methyl sites for hydroxylation is 1. The van der Waals surface area contributed by atoms with Crippen molar-refractivity contribution in [2.24, 2.45) is 0 Å². The summed E-state index contributed by atoms with van der Waals surface area (Å²) < 4.78 is 0. The fourth-order valence-electron chi connectivity index (χ4n) is 1.70. The van der Waals surface area contributed by atoms with Crippen LogP contribution in [0.15, 0.2) is 18.3 Å². The highest BCUT2D eigenvalue weighted by Crippen LogP contribution is 2.25. The summed E-state index contributed by atoms with van der Waals surface area (Å²) in [5.74, 6) is 1.57. The van der Waals surface area contributed by atoms with Gasteiger partial charge in [0.15, 0.2) is 0 Å². The Balaban J connectivity index is 2.59. The number of hydrogen-bond acceptors (Lipinski definition) is 4. The zero-order chi connectivity index (χ0) is 13.3. The van der Waals surface area contributed by atoms with Gasteiger partial charge in [0.2, 0.25) is 0 Å². The Hall–Kier alpha value is -1.97. The molecule has 0 unspecified atom stereocenters. The van der Waals surface area contributed by atoms with Gasteiger partial charge in [0.05, 0.1) is 5.69 Å². The molecule has 0 fully saturated rings. The van der Waals surface area contributed by atoms with Crippen LogP contribution in [0.2, 0.25) is 0 Å². The van der Waals surface area contributed by atoms with E-state index in [1.165, 1.54) is 0 Å². The van der Waals surface area contributed by atoms with Crippen molar-refractivity contribution < 1.29 is 0 Å². The first kappa shape index (κ1) is 12.5. The van der Waals surface area contributed by atoms with Gasteiger partial charge < -0.3 is 5.73 Å². The lowest BCUT2D eigenvalue weighted by atomic mass is 10.1. The number of anilines is 1. The summed E-state index contributed by atoms with van der Waals surface area (Å²) in [5.41, 5.74) is 9.71. The molecule has 2 aromatic heterocycles. The predicted molar refractivity (Wildman–Crippen MR) is 73.2 cm³/mol. The monoisotopic (exact) mass is 242 g/mol.